The molecule has 0 amide bonds. The molecule has 2 aromatic rings. The highest BCUT2D eigenvalue weighted by atomic mass is 79.9. The molecule has 0 radical (unpaired) electrons. The van der Waals surface area contributed by atoms with Crippen LogP contribution in [-0.4, -0.2) is 21.1 Å². The Hall–Kier alpha value is -1.49. The lowest BCUT2D eigenvalue weighted by Gasteiger charge is -2.02. The number of halogens is 1. The van der Waals surface area contributed by atoms with Crippen molar-refractivity contribution >= 4 is 22.2 Å². The molecule has 0 aromatic carbocycles. The minimum absolute atomic E-state index is 0.583. The Morgan fingerprint density at radius 2 is 2.20 bits per heavy atom. The monoisotopic (exact) mass is 265 g/mol. The van der Waals surface area contributed by atoms with Gasteiger partial charge in [-0.25, -0.2) is 9.67 Å². The first-order valence-corrected chi connectivity index (χ1v) is 5.13. The van der Waals surface area contributed by atoms with Gasteiger partial charge >= 0.3 is 0 Å². The third-order valence-corrected chi connectivity index (χ3v) is 2.57. The summed E-state index contributed by atoms with van der Waals surface area (Å²) in [4.78, 5) is 14.8. The van der Waals surface area contributed by atoms with E-state index in [0.29, 0.717) is 11.4 Å². The summed E-state index contributed by atoms with van der Waals surface area (Å²) in [5.74, 6) is 0.698. The summed E-state index contributed by atoms with van der Waals surface area (Å²) >= 11 is 3.31. The van der Waals surface area contributed by atoms with Gasteiger partial charge in [-0.2, -0.15) is 5.10 Å². The highest BCUT2D eigenvalue weighted by Gasteiger charge is 2.07. The number of nitrogens with zero attached hydrogens (tertiary/aromatic N) is 3. The molecule has 2 aromatic heterocycles. The molecule has 0 fully saturated rings. The summed E-state index contributed by atoms with van der Waals surface area (Å²) in [5, 5.41) is 4.09. The van der Waals surface area contributed by atoms with Gasteiger partial charge in [0.1, 0.15) is 0 Å². The first-order chi connectivity index (χ1) is 7.22. The van der Waals surface area contributed by atoms with Crippen molar-refractivity contribution in [3.05, 3.63) is 40.3 Å². The standard InChI is InChI=1S/C10H8BrN3O/c1-7-8(6-15)4-13-14(7)10-3-2-9(11)5-12-10/h2-6H,1H3. The molecule has 0 atom stereocenters. The lowest BCUT2D eigenvalue weighted by Crippen LogP contribution is -2.01. The molecule has 2 rings (SSSR count). The van der Waals surface area contributed by atoms with Crippen molar-refractivity contribution < 1.29 is 4.79 Å². The van der Waals surface area contributed by atoms with Gasteiger partial charge in [0.25, 0.3) is 0 Å². The molecule has 76 valence electrons. The number of aromatic nitrogens is 3. The van der Waals surface area contributed by atoms with Gasteiger partial charge in [-0.15, -0.1) is 0 Å². The van der Waals surface area contributed by atoms with E-state index in [1.165, 1.54) is 6.20 Å². The maximum Gasteiger partial charge on any atom is 0.153 e. The maximum absolute atomic E-state index is 10.6. The fraction of sp³-hybridized carbons (Fsp3) is 0.100. The van der Waals surface area contributed by atoms with Gasteiger partial charge in [-0.1, -0.05) is 0 Å². The molecule has 2 heterocycles. The quantitative estimate of drug-likeness (QED) is 0.782. The molecule has 15 heavy (non-hydrogen) atoms. The fourth-order valence-electron chi connectivity index (χ4n) is 1.26. The number of hydrogen-bond donors (Lipinski definition) is 0. The molecule has 0 aliphatic heterocycles. The van der Waals surface area contributed by atoms with Crippen molar-refractivity contribution in [1.29, 1.82) is 0 Å². The van der Waals surface area contributed by atoms with Crippen LogP contribution in [0.4, 0.5) is 0 Å². The summed E-state index contributed by atoms with van der Waals surface area (Å²) in [6, 6.07) is 3.71. The highest BCUT2D eigenvalue weighted by molar-refractivity contribution is 9.10. The van der Waals surface area contributed by atoms with Gasteiger partial charge in [0, 0.05) is 10.7 Å². The third kappa shape index (κ3) is 1.83. The largest absolute Gasteiger partial charge is 0.298 e. The van der Waals surface area contributed by atoms with Gasteiger partial charge in [0.15, 0.2) is 12.1 Å². The van der Waals surface area contributed by atoms with Gasteiger partial charge in [0.05, 0.1) is 17.5 Å². The first-order valence-electron chi connectivity index (χ1n) is 4.34. The zero-order valence-corrected chi connectivity index (χ0v) is 9.60. The van der Waals surface area contributed by atoms with Gasteiger partial charge in [-0.05, 0) is 35.0 Å². The highest BCUT2D eigenvalue weighted by Crippen LogP contribution is 2.13. The van der Waals surface area contributed by atoms with E-state index < -0.39 is 0 Å². The average molecular weight is 266 g/mol. The van der Waals surface area contributed by atoms with Crippen molar-refractivity contribution in [1.82, 2.24) is 14.8 Å². The van der Waals surface area contributed by atoms with E-state index in [1.54, 1.807) is 10.9 Å². The van der Waals surface area contributed by atoms with E-state index in [9.17, 15) is 4.79 Å². The topological polar surface area (TPSA) is 47.8 Å². The molecular weight excluding hydrogens is 258 g/mol. The van der Waals surface area contributed by atoms with Crippen LogP contribution in [0.5, 0.6) is 0 Å². The molecule has 0 unspecified atom stereocenters. The maximum atomic E-state index is 10.6. The Balaban J connectivity index is 2.49. The first kappa shape index (κ1) is 10.0. The molecular formula is C10H8BrN3O. The van der Waals surface area contributed by atoms with Crippen LogP contribution in [0.3, 0.4) is 0 Å². The van der Waals surface area contributed by atoms with E-state index in [2.05, 4.69) is 26.0 Å². The number of carbonyl (C=O) groups excluding carboxylic acids is 1. The second-order valence-electron chi connectivity index (χ2n) is 3.05. The summed E-state index contributed by atoms with van der Waals surface area (Å²) < 4.78 is 2.54. The van der Waals surface area contributed by atoms with Crippen LogP contribution in [-0.2, 0) is 0 Å². The van der Waals surface area contributed by atoms with Gasteiger partial charge in [0.2, 0.25) is 0 Å². The smallest absolute Gasteiger partial charge is 0.153 e. The lowest BCUT2D eigenvalue weighted by molar-refractivity contribution is 0.112. The molecule has 0 aliphatic carbocycles. The number of pyridine rings is 1. The molecule has 0 saturated carbocycles. The van der Waals surface area contributed by atoms with Crippen LogP contribution in [0.1, 0.15) is 16.1 Å². The minimum Gasteiger partial charge on any atom is -0.298 e. The average Bonchev–Trinajstić information content (AvgIpc) is 2.61. The van der Waals surface area contributed by atoms with Crippen LogP contribution >= 0.6 is 15.9 Å². The Morgan fingerprint density at radius 1 is 1.40 bits per heavy atom. The molecule has 4 nitrogen and oxygen atoms in total. The summed E-state index contributed by atoms with van der Waals surface area (Å²) in [6.07, 6.45) is 4.01. The van der Waals surface area contributed by atoms with Crippen molar-refractivity contribution in [2.75, 3.05) is 0 Å². The Labute approximate surface area is 95.1 Å². The van der Waals surface area contributed by atoms with Crippen molar-refractivity contribution in [2.45, 2.75) is 6.92 Å². The molecule has 0 spiro atoms. The Morgan fingerprint density at radius 3 is 2.73 bits per heavy atom. The van der Waals surface area contributed by atoms with E-state index in [4.69, 9.17) is 0 Å². The van der Waals surface area contributed by atoms with E-state index in [1.807, 2.05) is 19.1 Å². The lowest BCUT2D eigenvalue weighted by atomic mass is 10.3. The summed E-state index contributed by atoms with van der Waals surface area (Å²) in [6.45, 7) is 1.83. The number of hydrogen-bond acceptors (Lipinski definition) is 3. The normalized spacial score (nSPS) is 10.3. The van der Waals surface area contributed by atoms with Crippen LogP contribution in [0.25, 0.3) is 5.82 Å². The van der Waals surface area contributed by atoms with Crippen LogP contribution in [0, 0.1) is 6.92 Å². The Kier molecular flexibility index (Phi) is 2.64. The summed E-state index contributed by atoms with van der Waals surface area (Å²) in [5.41, 5.74) is 1.37. The second-order valence-corrected chi connectivity index (χ2v) is 3.97. The fourth-order valence-corrected chi connectivity index (χ4v) is 1.50. The second kappa shape index (κ2) is 3.94. The van der Waals surface area contributed by atoms with Crippen molar-refractivity contribution in [2.24, 2.45) is 0 Å². The van der Waals surface area contributed by atoms with Crippen LogP contribution in [0.15, 0.2) is 29.0 Å². The molecule has 5 heteroatoms. The zero-order chi connectivity index (χ0) is 10.8. The predicted octanol–water partition coefficient (Wildman–Crippen LogP) is 2.15. The van der Waals surface area contributed by atoms with Gasteiger partial charge < -0.3 is 0 Å². The number of rotatable bonds is 2. The minimum atomic E-state index is 0.583. The van der Waals surface area contributed by atoms with Crippen molar-refractivity contribution in [3.8, 4) is 5.82 Å². The predicted molar refractivity (Wildman–Crippen MR) is 59.2 cm³/mol. The van der Waals surface area contributed by atoms with E-state index >= 15 is 0 Å². The molecule has 0 N–H and O–H groups in total. The molecule has 0 aliphatic rings. The summed E-state index contributed by atoms with van der Waals surface area (Å²) in [7, 11) is 0. The number of carbonyl (C=O) groups is 1. The molecule has 0 saturated heterocycles. The van der Waals surface area contributed by atoms with Crippen LogP contribution in [0.2, 0.25) is 0 Å². The van der Waals surface area contributed by atoms with Crippen LogP contribution < -0.4 is 0 Å². The Bertz CT molecular complexity index is 490. The van der Waals surface area contributed by atoms with Gasteiger partial charge in [-0.3, -0.25) is 4.79 Å². The van der Waals surface area contributed by atoms with E-state index in [0.717, 1.165) is 16.5 Å². The van der Waals surface area contributed by atoms with E-state index in [-0.39, 0.29) is 0 Å². The number of aldehydes is 1. The third-order valence-electron chi connectivity index (χ3n) is 2.10. The van der Waals surface area contributed by atoms with Crippen molar-refractivity contribution in [3.63, 3.8) is 0 Å². The zero-order valence-electron chi connectivity index (χ0n) is 8.01. The molecule has 0 bridgehead atoms. The SMILES string of the molecule is Cc1c(C=O)cnn1-c1ccc(Br)cn1.